The quantitative estimate of drug-likeness (QED) is 0.551. The van der Waals surface area contributed by atoms with Gasteiger partial charge in [0.2, 0.25) is 0 Å². The monoisotopic (exact) mass is 406 g/mol. The molecule has 2 atom stereocenters. The summed E-state index contributed by atoms with van der Waals surface area (Å²) in [5, 5.41) is 2.04. The molecule has 0 amide bonds. The zero-order chi connectivity index (χ0) is 20.3. The molecule has 1 aliphatic heterocycles. The lowest BCUT2D eigenvalue weighted by Gasteiger charge is -2.43. The number of fused-ring (bicyclic) bond motifs is 1. The van der Waals surface area contributed by atoms with E-state index in [1.54, 1.807) is 0 Å². The Labute approximate surface area is 176 Å². The van der Waals surface area contributed by atoms with Crippen molar-refractivity contribution in [3.05, 3.63) is 72.3 Å². The van der Waals surface area contributed by atoms with Gasteiger partial charge in [-0.2, -0.15) is 0 Å². The van der Waals surface area contributed by atoms with Crippen molar-refractivity contribution in [2.75, 3.05) is 6.61 Å². The number of benzene rings is 2. The van der Waals surface area contributed by atoms with E-state index in [9.17, 15) is 4.80 Å². The molecule has 0 saturated carbocycles. The topological polar surface area (TPSA) is 29.5 Å². The average Bonchev–Trinajstić information content (AvgIpc) is 2.78. The summed E-state index contributed by atoms with van der Waals surface area (Å²) < 4.78 is 6.20. The third-order valence-electron chi connectivity index (χ3n) is 7.15. The molecule has 1 fully saturated rings. The molecule has 154 valence electrons. The Kier molecular flexibility index (Phi) is 6.10. The molecular formula is C26H34O2Si. The summed E-state index contributed by atoms with van der Waals surface area (Å²) in [5.41, 5.74) is 1.53. The second-order valence-electron chi connectivity index (χ2n) is 9.38. The van der Waals surface area contributed by atoms with Crippen LogP contribution in [-0.2, 0) is 4.74 Å². The van der Waals surface area contributed by atoms with Gasteiger partial charge < -0.3 is 9.53 Å². The van der Waals surface area contributed by atoms with Crippen LogP contribution < -0.4 is 10.4 Å². The molecular weight excluding hydrogens is 372 g/mol. The zero-order valence-electron chi connectivity index (χ0n) is 17.8. The van der Waals surface area contributed by atoms with Gasteiger partial charge in [-0.1, -0.05) is 80.6 Å². The number of allylic oxidation sites excluding steroid dienone is 1. The minimum atomic E-state index is -2.91. The highest BCUT2D eigenvalue weighted by atomic mass is 28.4. The second-order valence-corrected chi connectivity index (χ2v) is 13.3. The molecule has 2 aromatic carbocycles. The van der Waals surface area contributed by atoms with E-state index in [1.807, 2.05) is 12.1 Å². The van der Waals surface area contributed by atoms with Gasteiger partial charge in [0.25, 0.3) is 8.32 Å². The number of rotatable bonds is 6. The largest absolute Gasteiger partial charge is 0.424 e. The minimum absolute atomic E-state index is 0.175. The molecule has 3 heteroatoms. The molecule has 2 nitrogen and oxygen atoms in total. The average molecular weight is 407 g/mol. The van der Waals surface area contributed by atoms with Crippen molar-refractivity contribution >= 4 is 18.7 Å². The fraction of sp³-hybridized carbons (Fsp3) is 0.462. The van der Waals surface area contributed by atoms with Gasteiger partial charge in [-0.05, 0) is 65.4 Å². The highest BCUT2D eigenvalue weighted by molar-refractivity contribution is 6.98. The van der Waals surface area contributed by atoms with Gasteiger partial charge >= 0.3 is 0 Å². The van der Waals surface area contributed by atoms with Gasteiger partial charge in [0.15, 0.2) is 0 Å². The van der Waals surface area contributed by atoms with Crippen LogP contribution in [-0.4, -0.2) is 25.8 Å². The first-order valence-electron chi connectivity index (χ1n) is 11.2. The Bertz CT molecular complexity index is 789. The summed E-state index contributed by atoms with van der Waals surface area (Å²) in [6, 6.07) is 20.8. The molecule has 0 radical (unpaired) electrons. The van der Waals surface area contributed by atoms with Crippen LogP contribution in [0.15, 0.2) is 72.3 Å². The lowest BCUT2D eigenvalue weighted by molar-refractivity contribution is 0.00380. The highest BCUT2D eigenvalue weighted by Gasteiger charge is 2.50. The van der Waals surface area contributed by atoms with E-state index < -0.39 is 8.32 Å². The van der Waals surface area contributed by atoms with E-state index in [0.29, 0.717) is 12.0 Å². The number of hydrogen-bond acceptors (Lipinski definition) is 2. The van der Waals surface area contributed by atoms with Crippen molar-refractivity contribution in [3.8, 4) is 0 Å². The lowest BCUT2D eigenvalue weighted by Crippen LogP contribution is -2.65. The Morgan fingerprint density at radius 3 is 2.24 bits per heavy atom. The molecule has 2 aliphatic rings. The van der Waals surface area contributed by atoms with Crippen LogP contribution >= 0.6 is 0 Å². The molecule has 0 spiro atoms. The molecule has 2 aromatic rings. The normalized spacial score (nSPS) is 22.7. The SMILES string of the molecule is CC(C)(CCC1CCC=C2CCCOC21)[Si](O)(c1ccccc1)c1ccccc1. The molecule has 1 heterocycles. The first kappa shape index (κ1) is 20.6. The van der Waals surface area contributed by atoms with E-state index in [0.717, 1.165) is 36.2 Å². The lowest BCUT2D eigenvalue weighted by atomic mass is 9.79. The summed E-state index contributed by atoms with van der Waals surface area (Å²) in [6.07, 6.45) is 9.62. The molecule has 1 saturated heterocycles. The van der Waals surface area contributed by atoms with E-state index in [1.165, 1.54) is 24.8 Å². The maximum atomic E-state index is 12.3. The smallest absolute Gasteiger partial charge is 0.258 e. The fourth-order valence-corrected chi connectivity index (χ4v) is 9.11. The standard InChI is InChI=1S/C26H34O2Si/c1-26(2,19-18-22-12-9-11-21-13-10-20-28-25(21)22)29(27,23-14-5-3-6-15-23)24-16-7-4-8-17-24/h3-8,11,14-17,22,25,27H,9-10,12-13,18-20H2,1-2H3. The molecule has 4 rings (SSSR count). The predicted octanol–water partition coefficient (Wildman–Crippen LogP) is 4.81. The van der Waals surface area contributed by atoms with Gasteiger partial charge in [-0.25, -0.2) is 0 Å². The van der Waals surface area contributed by atoms with Crippen LogP contribution in [0.4, 0.5) is 0 Å². The molecule has 2 unspecified atom stereocenters. The Hall–Kier alpha value is -1.68. The van der Waals surface area contributed by atoms with Crippen molar-refractivity contribution in [1.29, 1.82) is 0 Å². The van der Waals surface area contributed by atoms with Crippen LogP contribution in [0.5, 0.6) is 0 Å². The molecule has 0 aromatic heterocycles. The van der Waals surface area contributed by atoms with Crippen molar-refractivity contribution in [2.24, 2.45) is 5.92 Å². The van der Waals surface area contributed by atoms with Crippen LogP contribution in [0, 0.1) is 5.92 Å². The maximum absolute atomic E-state index is 12.3. The van der Waals surface area contributed by atoms with Crippen LogP contribution in [0.2, 0.25) is 5.04 Å². The molecule has 29 heavy (non-hydrogen) atoms. The first-order chi connectivity index (χ1) is 14.0. The van der Waals surface area contributed by atoms with E-state index >= 15 is 0 Å². The summed E-state index contributed by atoms with van der Waals surface area (Å²) in [6.45, 7) is 5.45. The first-order valence-corrected chi connectivity index (χ1v) is 13.1. The Morgan fingerprint density at radius 1 is 1.00 bits per heavy atom. The van der Waals surface area contributed by atoms with Crippen LogP contribution in [0.3, 0.4) is 0 Å². The Balaban J connectivity index is 1.60. The summed E-state index contributed by atoms with van der Waals surface area (Å²) in [5.74, 6) is 0.583. The van der Waals surface area contributed by atoms with E-state index in [-0.39, 0.29) is 5.04 Å². The Morgan fingerprint density at radius 2 is 1.62 bits per heavy atom. The minimum Gasteiger partial charge on any atom is -0.424 e. The van der Waals surface area contributed by atoms with Gasteiger partial charge in [0.05, 0.1) is 6.10 Å². The second kappa shape index (κ2) is 8.59. The fourth-order valence-electron chi connectivity index (χ4n) is 5.36. The summed E-state index contributed by atoms with van der Waals surface area (Å²) in [7, 11) is -2.91. The van der Waals surface area contributed by atoms with Gasteiger partial charge in [0, 0.05) is 6.61 Å². The third-order valence-corrected chi connectivity index (χ3v) is 11.7. The maximum Gasteiger partial charge on any atom is 0.258 e. The number of ether oxygens (including phenoxy) is 1. The zero-order valence-corrected chi connectivity index (χ0v) is 18.8. The van der Waals surface area contributed by atoms with Gasteiger partial charge in [-0.15, -0.1) is 0 Å². The van der Waals surface area contributed by atoms with Crippen LogP contribution in [0.25, 0.3) is 0 Å². The van der Waals surface area contributed by atoms with Crippen molar-refractivity contribution < 1.29 is 9.53 Å². The third kappa shape index (κ3) is 4.01. The van der Waals surface area contributed by atoms with E-state index in [2.05, 4.69) is 68.5 Å². The molecule has 1 N–H and O–H groups in total. The van der Waals surface area contributed by atoms with Crippen LogP contribution in [0.1, 0.15) is 52.4 Å². The van der Waals surface area contributed by atoms with E-state index in [4.69, 9.17) is 4.74 Å². The summed E-state index contributed by atoms with van der Waals surface area (Å²) in [4.78, 5) is 12.3. The number of hydrogen-bond donors (Lipinski definition) is 1. The van der Waals surface area contributed by atoms with Gasteiger partial charge in [0.1, 0.15) is 0 Å². The van der Waals surface area contributed by atoms with Crippen molar-refractivity contribution in [3.63, 3.8) is 0 Å². The summed E-state index contributed by atoms with van der Waals surface area (Å²) >= 11 is 0. The molecule has 1 aliphatic carbocycles. The van der Waals surface area contributed by atoms with Gasteiger partial charge in [-0.3, -0.25) is 0 Å². The molecule has 0 bridgehead atoms. The van der Waals surface area contributed by atoms with Crippen molar-refractivity contribution in [2.45, 2.75) is 63.5 Å². The predicted molar refractivity (Wildman–Crippen MR) is 123 cm³/mol. The highest BCUT2D eigenvalue weighted by Crippen LogP contribution is 2.44. The van der Waals surface area contributed by atoms with Crippen molar-refractivity contribution in [1.82, 2.24) is 0 Å².